The standard InChI is InChI=1S/C14H8BrF3N2O/c15-9-3-1-2-8(12(9)19)13-20-10-6-7(14(16,17)18)4-5-11(10)21-13/h1-6H,19H2. The van der Waals surface area contributed by atoms with Crippen LogP contribution in [0.3, 0.4) is 0 Å². The number of aromatic nitrogens is 1. The molecule has 0 aliphatic heterocycles. The molecule has 0 saturated carbocycles. The minimum Gasteiger partial charge on any atom is -0.436 e. The smallest absolute Gasteiger partial charge is 0.416 e. The van der Waals surface area contributed by atoms with Gasteiger partial charge in [-0.15, -0.1) is 0 Å². The van der Waals surface area contributed by atoms with Crippen molar-refractivity contribution >= 4 is 32.7 Å². The summed E-state index contributed by atoms with van der Waals surface area (Å²) in [6, 6.07) is 8.35. The molecule has 2 aromatic carbocycles. The Balaban J connectivity index is 2.15. The summed E-state index contributed by atoms with van der Waals surface area (Å²) in [5.41, 5.74) is 6.49. The zero-order valence-corrected chi connectivity index (χ0v) is 12.0. The van der Waals surface area contributed by atoms with Gasteiger partial charge in [0, 0.05) is 4.47 Å². The topological polar surface area (TPSA) is 52.0 Å². The van der Waals surface area contributed by atoms with Crippen LogP contribution in [0.1, 0.15) is 5.56 Å². The zero-order valence-electron chi connectivity index (χ0n) is 10.4. The number of anilines is 1. The highest BCUT2D eigenvalue weighted by Crippen LogP contribution is 2.35. The van der Waals surface area contributed by atoms with Crippen LogP contribution in [0.25, 0.3) is 22.6 Å². The Morgan fingerprint density at radius 1 is 1.14 bits per heavy atom. The van der Waals surface area contributed by atoms with Crippen LogP contribution in [-0.4, -0.2) is 4.98 Å². The summed E-state index contributed by atoms with van der Waals surface area (Å²) < 4.78 is 44.2. The van der Waals surface area contributed by atoms with E-state index in [1.54, 1.807) is 18.2 Å². The first kappa shape index (κ1) is 13.9. The molecule has 0 fully saturated rings. The summed E-state index contributed by atoms with van der Waals surface area (Å²) in [6.07, 6.45) is -4.41. The lowest BCUT2D eigenvalue weighted by Gasteiger charge is -2.04. The summed E-state index contributed by atoms with van der Waals surface area (Å²) in [4.78, 5) is 4.09. The van der Waals surface area contributed by atoms with Crippen LogP contribution < -0.4 is 5.73 Å². The number of alkyl halides is 3. The SMILES string of the molecule is Nc1c(Br)cccc1-c1nc2cc(C(F)(F)F)ccc2o1. The predicted molar refractivity (Wildman–Crippen MR) is 76.6 cm³/mol. The van der Waals surface area contributed by atoms with E-state index in [0.717, 1.165) is 12.1 Å². The van der Waals surface area contributed by atoms with Crippen molar-refractivity contribution in [1.29, 1.82) is 0 Å². The van der Waals surface area contributed by atoms with E-state index in [4.69, 9.17) is 10.2 Å². The fourth-order valence-electron chi connectivity index (χ4n) is 1.94. The lowest BCUT2D eigenvalue weighted by Crippen LogP contribution is -2.03. The lowest BCUT2D eigenvalue weighted by atomic mass is 10.2. The molecule has 0 atom stereocenters. The average Bonchev–Trinajstić information content (AvgIpc) is 2.83. The van der Waals surface area contributed by atoms with Gasteiger partial charge in [-0.2, -0.15) is 13.2 Å². The second kappa shape index (κ2) is 4.77. The second-order valence-electron chi connectivity index (χ2n) is 4.40. The van der Waals surface area contributed by atoms with E-state index in [9.17, 15) is 13.2 Å². The summed E-state index contributed by atoms with van der Waals surface area (Å²) >= 11 is 3.28. The number of nitrogens with zero attached hydrogens (tertiary/aromatic N) is 1. The summed E-state index contributed by atoms with van der Waals surface area (Å²) in [5, 5.41) is 0. The maximum Gasteiger partial charge on any atom is 0.416 e. The van der Waals surface area contributed by atoms with Crippen molar-refractivity contribution in [3.05, 3.63) is 46.4 Å². The van der Waals surface area contributed by atoms with Gasteiger partial charge in [0.15, 0.2) is 5.58 Å². The molecule has 3 aromatic rings. The van der Waals surface area contributed by atoms with Gasteiger partial charge >= 0.3 is 6.18 Å². The highest BCUT2D eigenvalue weighted by molar-refractivity contribution is 9.10. The van der Waals surface area contributed by atoms with Gasteiger partial charge in [0.2, 0.25) is 5.89 Å². The van der Waals surface area contributed by atoms with Crippen molar-refractivity contribution in [1.82, 2.24) is 4.98 Å². The van der Waals surface area contributed by atoms with Crippen LogP contribution in [0.15, 0.2) is 45.3 Å². The van der Waals surface area contributed by atoms with Gasteiger partial charge in [0.1, 0.15) is 5.52 Å². The maximum atomic E-state index is 12.7. The van der Waals surface area contributed by atoms with Crippen LogP contribution in [0.5, 0.6) is 0 Å². The molecule has 3 rings (SSSR count). The summed E-state index contributed by atoms with van der Waals surface area (Å²) in [7, 11) is 0. The van der Waals surface area contributed by atoms with Gasteiger partial charge in [-0.25, -0.2) is 4.98 Å². The Labute approximate surface area is 125 Å². The molecule has 21 heavy (non-hydrogen) atoms. The highest BCUT2D eigenvalue weighted by atomic mass is 79.9. The van der Waals surface area contributed by atoms with E-state index >= 15 is 0 Å². The third kappa shape index (κ3) is 2.49. The molecule has 0 saturated heterocycles. The Morgan fingerprint density at radius 2 is 1.90 bits per heavy atom. The molecule has 108 valence electrons. The molecule has 0 bridgehead atoms. The number of hydrogen-bond acceptors (Lipinski definition) is 3. The normalized spacial score (nSPS) is 12.0. The Bertz CT molecular complexity index is 827. The van der Waals surface area contributed by atoms with Crippen LogP contribution in [0, 0.1) is 0 Å². The number of fused-ring (bicyclic) bond motifs is 1. The fourth-order valence-corrected chi connectivity index (χ4v) is 2.31. The minimum atomic E-state index is -4.41. The van der Waals surface area contributed by atoms with Crippen molar-refractivity contribution in [2.45, 2.75) is 6.18 Å². The Kier molecular flexibility index (Phi) is 3.16. The predicted octanol–water partition coefficient (Wildman–Crippen LogP) is 4.86. The zero-order chi connectivity index (χ0) is 15.2. The molecule has 0 unspecified atom stereocenters. The van der Waals surface area contributed by atoms with Crippen molar-refractivity contribution < 1.29 is 17.6 Å². The molecule has 7 heteroatoms. The third-order valence-corrected chi connectivity index (χ3v) is 3.69. The van der Waals surface area contributed by atoms with Crippen LogP contribution in [0.4, 0.5) is 18.9 Å². The van der Waals surface area contributed by atoms with Crippen molar-refractivity contribution in [3.63, 3.8) is 0 Å². The monoisotopic (exact) mass is 356 g/mol. The number of benzene rings is 2. The van der Waals surface area contributed by atoms with Crippen LogP contribution in [0.2, 0.25) is 0 Å². The second-order valence-corrected chi connectivity index (χ2v) is 5.25. The van der Waals surface area contributed by atoms with E-state index in [-0.39, 0.29) is 17.0 Å². The van der Waals surface area contributed by atoms with Crippen molar-refractivity contribution in [3.8, 4) is 11.5 Å². The molecule has 1 aromatic heterocycles. The molecule has 0 spiro atoms. The fraction of sp³-hybridized carbons (Fsp3) is 0.0714. The average molecular weight is 357 g/mol. The number of nitrogen functional groups attached to an aromatic ring is 1. The first-order valence-electron chi connectivity index (χ1n) is 5.88. The number of nitrogens with two attached hydrogens (primary N) is 1. The van der Waals surface area contributed by atoms with E-state index in [2.05, 4.69) is 20.9 Å². The molecule has 0 aliphatic carbocycles. The van der Waals surface area contributed by atoms with Gasteiger partial charge in [0.05, 0.1) is 16.8 Å². The Hall–Kier alpha value is -2.02. The number of halogens is 4. The van der Waals surface area contributed by atoms with Crippen LogP contribution in [-0.2, 0) is 6.18 Å². The molecule has 0 radical (unpaired) electrons. The molecule has 2 N–H and O–H groups in total. The van der Waals surface area contributed by atoms with E-state index in [1.807, 2.05) is 0 Å². The first-order chi connectivity index (χ1) is 9.86. The molecular weight excluding hydrogens is 349 g/mol. The quantitative estimate of drug-likeness (QED) is 0.633. The lowest BCUT2D eigenvalue weighted by molar-refractivity contribution is -0.137. The number of oxazole rings is 1. The molecule has 0 amide bonds. The first-order valence-corrected chi connectivity index (χ1v) is 6.68. The van der Waals surface area contributed by atoms with Gasteiger partial charge in [-0.1, -0.05) is 6.07 Å². The largest absolute Gasteiger partial charge is 0.436 e. The van der Waals surface area contributed by atoms with Gasteiger partial charge < -0.3 is 10.2 Å². The van der Waals surface area contributed by atoms with E-state index in [1.165, 1.54) is 6.07 Å². The van der Waals surface area contributed by atoms with Gasteiger partial charge in [-0.3, -0.25) is 0 Å². The van der Waals surface area contributed by atoms with Gasteiger partial charge in [-0.05, 0) is 46.3 Å². The molecule has 1 heterocycles. The molecule has 3 nitrogen and oxygen atoms in total. The van der Waals surface area contributed by atoms with Crippen molar-refractivity contribution in [2.24, 2.45) is 0 Å². The Morgan fingerprint density at radius 3 is 2.62 bits per heavy atom. The number of para-hydroxylation sites is 1. The minimum absolute atomic E-state index is 0.138. The molecular formula is C14H8BrF3N2O. The number of hydrogen-bond donors (Lipinski definition) is 1. The van der Waals surface area contributed by atoms with Crippen LogP contribution >= 0.6 is 15.9 Å². The molecule has 0 aliphatic rings. The third-order valence-electron chi connectivity index (χ3n) is 3.00. The van der Waals surface area contributed by atoms with E-state index in [0.29, 0.717) is 15.7 Å². The van der Waals surface area contributed by atoms with Crippen molar-refractivity contribution in [2.75, 3.05) is 5.73 Å². The number of rotatable bonds is 1. The maximum absolute atomic E-state index is 12.7. The summed E-state index contributed by atoms with van der Waals surface area (Å²) in [6.45, 7) is 0. The van der Waals surface area contributed by atoms with E-state index < -0.39 is 11.7 Å². The van der Waals surface area contributed by atoms with Gasteiger partial charge in [0.25, 0.3) is 0 Å². The highest BCUT2D eigenvalue weighted by Gasteiger charge is 2.31. The summed E-state index contributed by atoms with van der Waals surface area (Å²) in [5.74, 6) is 0.183.